The van der Waals surface area contributed by atoms with E-state index in [9.17, 15) is 0 Å². The molecule has 5 nitrogen and oxygen atoms in total. The van der Waals surface area contributed by atoms with Gasteiger partial charge in [0.2, 0.25) is 0 Å². The minimum atomic E-state index is 0.538. The van der Waals surface area contributed by atoms with E-state index in [2.05, 4.69) is 53.5 Å². The zero-order valence-electron chi connectivity index (χ0n) is 16.0. The lowest BCUT2D eigenvalue weighted by Crippen LogP contribution is -1.97. The lowest BCUT2D eigenvalue weighted by atomic mass is 10.0. The number of fused-ring (bicyclic) bond motifs is 2. The molecule has 0 aliphatic carbocycles. The minimum Gasteiger partial charge on any atom is -0.497 e. The van der Waals surface area contributed by atoms with Crippen LogP contribution in [0.4, 0.5) is 0 Å². The second kappa shape index (κ2) is 7.04. The van der Waals surface area contributed by atoms with Crippen LogP contribution in [-0.2, 0) is 6.54 Å². The molecule has 142 valence electrons. The molecular weight excluding hydrogens is 360 g/mol. The third-order valence-corrected chi connectivity index (χ3v) is 5.21. The van der Waals surface area contributed by atoms with Crippen molar-refractivity contribution < 1.29 is 4.74 Å². The van der Waals surface area contributed by atoms with Crippen molar-refractivity contribution >= 4 is 21.9 Å². The molecule has 0 saturated carbocycles. The van der Waals surface area contributed by atoms with E-state index < -0.39 is 0 Å². The van der Waals surface area contributed by atoms with E-state index in [1.165, 1.54) is 0 Å². The number of aromatic nitrogens is 3. The molecule has 0 bridgehead atoms. The Bertz CT molecular complexity index is 1320. The highest BCUT2D eigenvalue weighted by Crippen LogP contribution is 2.29. The molecular formula is C24H20N4O. The quantitative estimate of drug-likeness (QED) is 0.490. The van der Waals surface area contributed by atoms with Crippen LogP contribution in [0.2, 0.25) is 0 Å². The first kappa shape index (κ1) is 17.4. The van der Waals surface area contributed by atoms with Crippen molar-refractivity contribution in [3.8, 4) is 22.7 Å². The first-order valence-corrected chi connectivity index (χ1v) is 9.47. The Morgan fingerprint density at radius 1 is 0.966 bits per heavy atom. The largest absolute Gasteiger partial charge is 0.497 e. The molecule has 0 unspecified atom stereocenters. The van der Waals surface area contributed by atoms with Gasteiger partial charge in [-0.15, -0.1) is 0 Å². The van der Waals surface area contributed by atoms with Crippen molar-refractivity contribution in [2.45, 2.75) is 6.54 Å². The number of benzene rings is 3. The molecule has 2 heterocycles. The van der Waals surface area contributed by atoms with Crippen LogP contribution in [-0.4, -0.2) is 21.6 Å². The number of hydrogen-bond acceptors (Lipinski definition) is 4. The SMILES string of the molecule is COc1ccc2c(c1)ncn2-c1ccc2cccc(-c3ccc(CN)cc3)c2n1. The first-order chi connectivity index (χ1) is 14.3. The van der Waals surface area contributed by atoms with Crippen molar-refractivity contribution in [2.75, 3.05) is 7.11 Å². The lowest BCUT2D eigenvalue weighted by molar-refractivity contribution is 0.415. The average molecular weight is 380 g/mol. The molecule has 2 aromatic heterocycles. The number of pyridine rings is 1. The van der Waals surface area contributed by atoms with Gasteiger partial charge < -0.3 is 10.5 Å². The Labute approximate surface area is 168 Å². The zero-order chi connectivity index (χ0) is 19.8. The number of methoxy groups -OCH3 is 1. The summed E-state index contributed by atoms with van der Waals surface area (Å²) in [7, 11) is 1.66. The number of nitrogens with two attached hydrogens (primary N) is 1. The first-order valence-electron chi connectivity index (χ1n) is 9.47. The fraction of sp³-hybridized carbons (Fsp3) is 0.0833. The maximum absolute atomic E-state index is 5.74. The number of nitrogens with zero attached hydrogens (tertiary/aromatic N) is 3. The van der Waals surface area contributed by atoms with Gasteiger partial charge in [0.05, 0.1) is 23.7 Å². The summed E-state index contributed by atoms with van der Waals surface area (Å²) in [5, 5.41) is 1.10. The van der Waals surface area contributed by atoms with Crippen molar-refractivity contribution in [3.05, 3.63) is 84.7 Å². The highest BCUT2D eigenvalue weighted by atomic mass is 16.5. The van der Waals surface area contributed by atoms with Crippen LogP contribution in [0.1, 0.15) is 5.56 Å². The second-order valence-electron chi connectivity index (χ2n) is 6.92. The predicted molar refractivity (Wildman–Crippen MR) is 116 cm³/mol. The molecule has 3 aromatic carbocycles. The summed E-state index contributed by atoms with van der Waals surface area (Å²) >= 11 is 0. The highest BCUT2D eigenvalue weighted by molar-refractivity contribution is 5.94. The average Bonchev–Trinajstić information content (AvgIpc) is 3.21. The smallest absolute Gasteiger partial charge is 0.139 e. The van der Waals surface area contributed by atoms with Crippen molar-refractivity contribution in [3.63, 3.8) is 0 Å². The Kier molecular flexibility index (Phi) is 4.22. The van der Waals surface area contributed by atoms with Crippen molar-refractivity contribution in [1.82, 2.24) is 14.5 Å². The number of imidazole rings is 1. The van der Waals surface area contributed by atoms with Gasteiger partial charge in [-0.25, -0.2) is 9.97 Å². The number of para-hydroxylation sites is 1. The van der Waals surface area contributed by atoms with Crippen LogP contribution in [0.3, 0.4) is 0 Å². The molecule has 29 heavy (non-hydrogen) atoms. The summed E-state index contributed by atoms with van der Waals surface area (Å²) in [6, 6.07) is 24.6. The Hall–Kier alpha value is -3.70. The van der Waals surface area contributed by atoms with Crippen molar-refractivity contribution in [2.24, 2.45) is 5.73 Å². The molecule has 0 saturated heterocycles. The van der Waals surface area contributed by atoms with Crippen LogP contribution in [0.25, 0.3) is 38.9 Å². The maximum Gasteiger partial charge on any atom is 0.139 e. The minimum absolute atomic E-state index is 0.538. The Morgan fingerprint density at radius 3 is 2.62 bits per heavy atom. The molecule has 0 aliphatic rings. The number of hydrogen-bond donors (Lipinski definition) is 1. The van der Waals surface area contributed by atoms with Crippen LogP contribution < -0.4 is 10.5 Å². The second-order valence-corrected chi connectivity index (χ2v) is 6.92. The van der Waals surface area contributed by atoms with E-state index in [1.807, 2.05) is 28.8 Å². The van der Waals surface area contributed by atoms with Gasteiger partial charge in [0.1, 0.15) is 17.9 Å². The van der Waals surface area contributed by atoms with E-state index in [1.54, 1.807) is 13.4 Å². The predicted octanol–water partition coefficient (Wildman–Crippen LogP) is 4.71. The number of ether oxygens (including phenoxy) is 1. The topological polar surface area (TPSA) is 66.0 Å². The third kappa shape index (κ3) is 3.02. The maximum atomic E-state index is 5.74. The number of rotatable bonds is 4. The summed E-state index contributed by atoms with van der Waals surface area (Å²) < 4.78 is 7.31. The summed E-state index contributed by atoms with van der Waals surface area (Å²) in [6.07, 6.45) is 1.80. The van der Waals surface area contributed by atoms with Gasteiger partial charge in [-0.3, -0.25) is 4.57 Å². The molecule has 5 rings (SSSR count). The third-order valence-electron chi connectivity index (χ3n) is 5.21. The highest BCUT2D eigenvalue weighted by Gasteiger charge is 2.10. The molecule has 0 spiro atoms. The van der Waals surface area contributed by atoms with Gasteiger partial charge in [-0.05, 0) is 35.4 Å². The van der Waals surface area contributed by atoms with E-state index in [0.29, 0.717) is 6.54 Å². The Balaban J connectivity index is 1.67. The van der Waals surface area contributed by atoms with Crippen LogP contribution in [0, 0.1) is 0 Å². The normalized spacial score (nSPS) is 11.2. The summed E-state index contributed by atoms with van der Waals surface area (Å²) in [4.78, 5) is 9.51. The summed E-state index contributed by atoms with van der Waals surface area (Å²) in [6.45, 7) is 0.538. The Morgan fingerprint density at radius 2 is 1.83 bits per heavy atom. The van der Waals surface area contributed by atoms with Gasteiger partial charge in [-0.1, -0.05) is 42.5 Å². The van der Waals surface area contributed by atoms with Crippen LogP contribution in [0.15, 0.2) is 79.1 Å². The van der Waals surface area contributed by atoms with E-state index in [4.69, 9.17) is 15.5 Å². The molecule has 0 radical (unpaired) electrons. The molecule has 0 amide bonds. The van der Waals surface area contributed by atoms with Gasteiger partial charge in [0.15, 0.2) is 0 Å². The van der Waals surface area contributed by atoms with Crippen molar-refractivity contribution in [1.29, 1.82) is 0 Å². The van der Waals surface area contributed by atoms with E-state index in [-0.39, 0.29) is 0 Å². The van der Waals surface area contributed by atoms with Gasteiger partial charge in [-0.2, -0.15) is 0 Å². The van der Waals surface area contributed by atoms with Gasteiger partial charge >= 0.3 is 0 Å². The zero-order valence-corrected chi connectivity index (χ0v) is 16.0. The molecule has 0 fully saturated rings. The van der Waals surface area contributed by atoms with E-state index >= 15 is 0 Å². The fourth-order valence-electron chi connectivity index (χ4n) is 3.63. The van der Waals surface area contributed by atoms with Gasteiger partial charge in [0.25, 0.3) is 0 Å². The fourth-order valence-corrected chi connectivity index (χ4v) is 3.63. The van der Waals surface area contributed by atoms with E-state index in [0.717, 1.165) is 50.2 Å². The summed E-state index contributed by atoms with van der Waals surface area (Å²) in [5.41, 5.74) is 11.9. The van der Waals surface area contributed by atoms with Gasteiger partial charge in [0, 0.05) is 23.6 Å². The van der Waals surface area contributed by atoms with Crippen LogP contribution in [0.5, 0.6) is 5.75 Å². The van der Waals surface area contributed by atoms with Crippen LogP contribution >= 0.6 is 0 Å². The molecule has 0 atom stereocenters. The molecule has 5 aromatic rings. The monoisotopic (exact) mass is 380 g/mol. The lowest BCUT2D eigenvalue weighted by Gasteiger charge is -2.10. The molecule has 5 heteroatoms. The summed E-state index contributed by atoms with van der Waals surface area (Å²) in [5.74, 6) is 1.62. The molecule has 2 N–H and O–H groups in total. The molecule has 0 aliphatic heterocycles. The standard InChI is InChI=1S/C24H20N4O/c1-29-19-10-11-22-21(13-19)26-15-28(22)23-12-9-18-3-2-4-20(24(18)27-23)17-7-5-16(14-25)6-8-17/h2-13,15H,14,25H2,1H3.